The average Bonchev–Trinajstić information content (AvgIpc) is 2.83. The summed E-state index contributed by atoms with van der Waals surface area (Å²) in [5, 5.41) is 0. The van der Waals surface area contributed by atoms with E-state index in [9.17, 15) is 13.6 Å². The second kappa shape index (κ2) is 7.63. The van der Waals surface area contributed by atoms with Crippen LogP contribution < -0.4 is 5.56 Å². The molecule has 0 spiro atoms. The Labute approximate surface area is 138 Å². The van der Waals surface area contributed by atoms with Crippen molar-refractivity contribution in [2.24, 2.45) is 0 Å². The van der Waals surface area contributed by atoms with Crippen molar-refractivity contribution in [1.29, 1.82) is 0 Å². The Morgan fingerprint density at radius 3 is 2.96 bits per heavy atom. The van der Waals surface area contributed by atoms with Crippen molar-refractivity contribution < 1.29 is 13.5 Å². The van der Waals surface area contributed by atoms with Gasteiger partial charge in [-0.3, -0.25) is 9.69 Å². The number of ether oxygens (including phenoxy) is 1. The summed E-state index contributed by atoms with van der Waals surface area (Å²) in [5.41, 5.74) is 0.576. The molecule has 3 rings (SSSR count). The first-order valence-corrected chi connectivity index (χ1v) is 7.90. The third kappa shape index (κ3) is 4.24. The maximum Gasteiger partial charge on any atom is 0.280 e. The molecule has 5 nitrogen and oxygen atoms in total. The second-order valence-corrected chi connectivity index (χ2v) is 5.76. The molecule has 2 aromatic rings. The largest absolute Gasteiger partial charge is 0.380 e. The van der Waals surface area contributed by atoms with Gasteiger partial charge in [0.2, 0.25) is 0 Å². The van der Waals surface area contributed by atoms with Crippen LogP contribution in [0.2, 0.25) is 0 Å². The summed E-state index contributed by atoms with van der Waals surface area (Å²) in [6.07, 6.45) is -1.78. The first kappa shape index (κ1) is 16.7. The molecule has 1 fully saturated rings. The molecule has 1 aromatic carbocycles. The highest BCUT2D eigenvalue weighted by atomic mass is 19.3. The number of aromatic amines is 1. The van der Waals surface area contributed by atoms with Gasteiger partial charge in [0.25, 0.3) is 12.0 Å². The van der Waals surface area contributed by atoms with Crippen LogP contribution in [-0.4, -0.2) is 41.2 Å². The number of H-pyrrole nitrogens is 1. The van der Waals surface area contributed by atoms with Crippen LogP contribution in [0.4, 0.5) is 8.78 Å². The topological polar surface area (TPSA) is 58.2 Å². The van der Waals surface area contributed by atoms with Crippen LogP contribution in [0.15, 0.2) is 35.1 Å². The molecule has 1 N–H and O–H groups in total. The highest BCUT2D eigenvalue weighted by Crippen LogP contribution is 2.20. The van der Waals surface area contributed by atoms with Crippen molar-refractivity contribution in [2.45, 2.75) is 19.4 Å². The van der Waals surface area contributed by atoms with Crippen molar-refractivity contribution in [3.8, 4) is 11.4 Å². The van der Waals surface area contributed by atoms with Gasteiger partial charge in [0.15, 0.2) is 0 Å². The number of hydrogen-bond donors (Lipinski definition) is 1. The van der Waals surface area contributed by atoms with Crippen molar-refractivity contribution in [2.75, 3.05) is 26.3 Å². The van der Waals surface area contributed by atoms with Gasteiger partial charge in [-0.2, -0.15) is 0 Å². The number of nitrogens with zero attached hydrogens (tertiary/aromatic N) is 2. The molecular formula is C17H19F2N3O2. The zero-order valence-corrected chi connectivity index (χ0v) is 13.2. The van der Waals surface area contributed by atoms with Crippen LogP contribution in [-0.2, 0) is 11.3 Å². The summed E-state index contributed by atoms with van der Waals surface area (Å²) in [6.45, 7) is 4.06. The van der Waals surface area contributed by atoms with Crippen molar-refractivity contribution in [3.63, 3.8) is 0 Å². The number of nitrogens with one attached hydrogen (secondary N) is 1. The lowest BCUT2D eigenvalue weighted by molar-refractivity contribution is 0.140. The minimum atomic E-state index is -2.77. The van der Waals surface area contributed by atoms with Gasteiger partial charge in [-0.15, -0.1) is 0 Å². The van der Waals surface area contributed by atoms with Gasteiger partial charge in [-0.25, -0.2) is 13.8 Å². The summed E-state index contributed by atoms with van der Waals surface area (Å²) in [5.74, 6) is 0.166. The van der Waals surface area contributed by atoms with E-state index in [1.54, 1.807) is 6.07 Å². The van der Waals surface area contributed by atoms with Crippen LogP contribution in [0.25, 0.3) is 11.4 Å². The van der Waals surface area contributed by atoms with E-state index in [0.29, 0.717) is 12.2 Å². The standard InChI is InChI=1S/C17H19F2N3O2/c18-16(19)14-10-15(23)21-17(20-14)13-4-1-3-12(9-13)11-22-5-2-7-24-8-6-22/h1,3-4,9-10,16H,2,5-8,11H2,(H,20,21,23). The van der Waals surface area contributed by atoms with E-state index in [4.69, 9.17) is 4.74 Å². The third-order valence-electron chi connectivity index (χ3n) is 3.91. The van der Waals surface area contributed by atoms with Gasteiger partial charge in [0.05, 0.1) is 6.61 Å². The molecule has 2 heterocycles. The van der Waals surface area contributed by atoms with E-state index in [1.807, 2.05) is 18.2 Å². The molecule has 128 valence electrons. The Kier molecular flexibility index (Phi) is 5.32. The van der Waals surface area contributed by atoms with Gasteiger partial charge >= 0.3 is 0 Å². The number of aromatic nitrogens is 2. The van der Waals surface area contributed by atoms with E-state index in [1.165, 1.54) is 0 Å². The fraction of sp³-hybridized carbons (Fsp3) is 0.412. The molecular weight excluding hydrogens is 316 g/mol. The Hall–Kier alpha value is -2.12. The normalized spacial score (nSPS) is 16.3. The molecule has 24 heavy (non-hydrogen) atoms. The number of halogens is 2. The highest BCUT2D eigenvalue weighted by molar-refractivity contribution is 5.56. The summed E-state index contributed by atoms with van der Waals surface area (Å²) in [6, 6.07) is 8.27. The molecule has 0 aliphatic carbocycles. The molecule has 0 unspecified atom stereocenters. The Bertz CT molecular complexity index is 741. The molecule has 1 aromatic heterocycles. The van der Waals surface area contributed by atoms with E-state index in [0.717, 1.165) is 44.3 Å². The first-order chi connectivity index (χ1) is 11.6. The molecule has 0 radical (unpaired) electrons. The maximum absolute atomic E-state index is 12.8. The first-order valence-electron chi connectivity index (χ1n) is 7.90. The molecule has 0 saturated carbocycles. The van der Waals surface area contributed by atoms with Crippen LogP contribution in [0.1, 0.15) is 24.1 Å². The van der Waals surface area contributed by atoms with Crippen molar-refractivity contribution >= 4 is 0 Å². The Balaban J connectivity index is 1.83. The molecule has 0 amide bonds. The van der Waals surface area contributed by atoms with Crippen LogP contribution >= 0.6 is 0 Å². The number of hydrogen-bond acceptors (Lipinski definition) is 4. The summed E-state index contributed by atoms with van der Waals surface area (Å²) in [7, 11) is 0. The fourth-order valence-corrected chi connectivity index (χ4v) is 2.76. The van der Waals surface area contributed by atoms with Crippen molar-refractivity contribution in [1.82, 2.24) is 14.9 Å². The predicted octanol–water partition coefficient (Wildman–Crippen LogP) is 2.60. The fourth-order valence-electron chi connectivity index (χ4n) is 2.76. The number of rotatable bonds is 4. The van der Waals surface area contributed by atoms with E-state index < -0.39 is 17.7 Å². The van der Waals surface area contributed by atoms with Crippen LogP contribution in [0.5, 0.6) is 0 Å². The lowest BCUT2D eigenvalue weighted by Gasteiger charge is -2.19. The lowest BCUT2D eigenvalue weighted by atomic mass is 10.1. The minimum Gasteiger partial charge on any atom is -0.380 e. The van der Waals surface area contributed by atoms with Gasteiger partial charge in [0, 0.05) is 37.9 Å². The maximum atomic E-state index is 12.8. The molecule has 0 atom stereocenters. The molecule has 1 aliphatic heterocycles. The van der Waals surface area contributed by atoms with Gasteiger partial charge in [-0.1, -0.05) is 18.2 Å². The van der Waals surface area contributed by atoms with E-state index >= 15 is 0 Å². The quantitative estimate of drug-likeness (QED) is 0.933. The molecule has 1 aliphatic rings. The second-order valence-electron chi connectivity index (χ2n) is 5.76. The van der Waals surface area contributed by atoms with Crippen LogP contribution in [0, 0.1) is 0 Å². The summed E-state index contributed by atoms with van der Waals surface area (Å²) >= 11 is 0. The molecule has 0 bridgehead atoms. The summed E-state index contributed by atoms with van der Waals surface area (Å²) in [4.78, 5) is 20.3. The minimum absolute atomic E-state index is 0.166. The highest BCUT2D eigenvalue weighted by Gasteiger charge is 2.14. The van der Waals surface area contributed by atoms with Crippen molar-refractivity contribution in [3.05, 3.63) is 51.9 Å². The van der Waals surface area contributed by atoms with Crippen LogP contribution in [0.3, 0.4) is 0 Å². The third-order valence-corrected chi connectivity index (χ3v) is 3.91. The van der Waals surface area contributed by atoms with Gasteiger partial charge in [0.1, 0.15) is 11.5 Å². The molecule has 1 saturated heterocycles. The van der Waals surface area contributed by atoms with Gasteiger partial charge < -0.3 is 9.72 Å². The average molecular weight is 335 g/mol. The zero-order chi connectivity index (χ0) is 16.9. The predicted molar refractivity (Wildman–Crippen MR) is 86.0 cm³/mol. The number of alkyl halides is 2. The molecule has 7 heteroatoms. The Morgan fingerprint density at radius 1 is 1.25 bits per heavy atom. The Morgan fingerprint density at radius 2 is 2.12 bits per heavy atom. The SMILES string of the molecule is O=c1cc(C(F)F)nc(-c2cccc(CN3CCCOCC3)c2)[nH]1. The lowest BCUT2D eigenvalue weighted by Crippen LogP contribution is -2.25. The summed E-state index contributed by atoms with van der Waals surface area (Å²) < 4.78 is 31.1. The van der Waals surface area contributed by atoms with Gasteiger partial charge in [-0.05, 0) is 18.1 Å². The zero-order valence-electron chi connectivity index (χ0n) is 13.2. The monoisotopic (exact) mass is 335 g/mol. The number of benzene rings is 1. The van der Waals surface area contributed by atoms with E-state index in [2.05, 4.69) is 14.9 Å². The van der Waals surface area contributed by atoms with E-state index in [-0.39, 0.29) is 5.82 Å². The smallest absolute Gasteiger partial charge is 0.280 e.